The number of phenolic OH excluding ortho intramolecular Hbond substituents is 4. The first-order valence-corrected chi connectivity index (χ1v) is 41.9. The molecule has 8 aliphatic rings. The van der Waals surface area contributed by atoms with Crippen LogP contribution in [-0.2, 0) is 54.3 Å². The van der Waals surface area contributed by atoms with Gasteiger partial charge in [-0.3, -0.25) is 38.4 Å². The molecule has 126 heavy (non-hydrogen) atoms. The zero-order valence-corrected chi connectivity index (χ0v) is 70.2. The van der Waals surface area contributed by atoms with Crippen LogP contribution in [0.1, 0.15) is 146 Å². The van der Waals surface area contributed by atoms with E-state index in [2.05, 4.69) is 54.8 Å². The number of nitrogens with one attached hydrogen (secondary N) is 9. The van der Waals surface area contributed by atoms with Crippen molar-refractivity contribution in [1.82, 2.24) is 52.8 Å². The third kappa shape index (κ3) is 20.6. The fourth-order valence-electron chi connectivity index (χ4n) is 15.8. The van der Waals surface area contributed by atoms with Gasteiger partial charge in [-0.25, -0.2) is 0 Å². The number of unbranched alkanes of at least 4 members (excludes halogenated alkanes) is 7. The van der Waals surface area contributed by atoms with Gasteiger partial charge in [-0.1, -0.05) is 105 Å². The Morgan fingerprint density at radius 2 is 1.15 bits per heavy atom. The van der Waals surface area contributed by atoms with E-state index in [0.29, 0.717) is 31.4 Å². The molecule has 674 valence electrons. The standard InChI is InChI=1S/C87H100Cl2N10O27/c1-5-6-7-8-9-10-11-12-14-62(106)93-71-75(110)73(108)60(37-100)124-86(71)126-78-58-31-43-32-59(78)122-55-24-19-42(29-50(55)88)72(107)70-85(119)97-68(80(114)91-25-13-26-99(3)4)48-33-44(102)34-57(123-87-77(112)76(111)74(109)61(38-101)125-87)63(48)47-28-40(17-22-52(47)103)66(82(116)98-70)94-83(117)67(43)95-84(118)69-49-35-46(36-54(105)64(49)89)121-56-30-41(18-23-53(56)104)65(90-2)81(115)92-51(79(113)96-69)27-39-15-20-45(120-58)21-16-39/h15-24,28-36,51,60-61,65-77,86-87,90,100-105,107-112H,5-14,25-27,37-38H2,1-4H3,(H,91,114)(H,92,115)(H,93,106)(H,94,117)(H,95,118)(H,96,113)(H,97,119)(H,98,116)/t51-,60-,61-,65-,66-,67-,68-,69+,70+,71-,72-,73-,74-,75-,76+,77+,86+,87+/m1/s1. The number of carbonyl (C=O) groups is 8. The van der Waals surface area contributed by atoms with Gasteiger partial charge < -0.3 is 147 Å². The minimum atomic E-state index is -2.40. The van der Waals surface area contributed by atoms with Crippen LogP contribution in [0.3, 0.4) is 0 Å². The number of amides is 8. The van der Waals surface area contributed by atoms with Crippen molar-refractivity contribution < 1.29 is 133 Å². The Kier molecular flexibility index (Phi) is 29.7. The first kappa shape index (κ1) is 92.3. The van der Waals surface area contributed by atoms with Gasteiger partial charge in [0, 0.05) is 48.2 Å². The summed E-state index contributed by atoms with van der Waals surface area (Å²) in [6, 6.07) is 6.60. The zero-order chi connectivity index (χ0) is 90.2. The number of carbonyl (C=O) groups excluding carboxylic acids is 8. The van der Waals surface area contributed by atoms with E-state index in [1.165, 1.54) is 61.6 Å². The van der Waals surface area contributed by atoms with Crippen LogP contribution in [-0.4, -0.2) is 234 Å². The average Bonchev–Trinajstić information content (AvgIpc) is 0.753. The van der Waals surface area contributed by atoms with E-state index in [4.69, 9.17) is 56.4 Å². The van der Waals surface area contributed by atoms with Gasteiger partial charge in [0.25, 0.3) is 0 Å². The van der Waals surface area contributed by atoms with Crippen LogP contribution in [0.5, 0.6) is 69.0 Å². The lowest BCUT2D eigenvalue weighted by molar-refractivity contribution is -0.277. The lowest BCUT2D eigenvalue weighted by Gasteiger charge is -2.42. The fourth-order valence-corrected chi connectivity index (χ4v) is 16.2. The summed E-state index contributed by atoms with van der Waals surface area (Å²) < 4.78 is 44.9. The first-order valence-electron chi connectivity index (χ1n) is 41.1. The molecule has 7 aromatic rings. The predicted octanol–water partition coefficient (Wildman–Crippen LogP) is 3.83. The minimum Gasteiger partial charge on any atom is -0.508 e. The van der Waals surface area contributed by atoms with E-state index in [1.807, 2.05) is 4.90 Å². The molecule has 2 saturated heterocycles. The van der Waals surface area contributed by atoms with Crippen molar-refractivity contribution in [1.29, 1.82) is 0 Å². The lowest BCUT2D eigenvalue weighted by atomic mass is 9.89. The van der Waals surface area contributed by atoms with Crippen LogP contribution >= 0.6 is 23.2 Å². The van der Waals surface area contributed by atoms with Gasteiger partial charge in [-0.05, 0) is 147 Å². The van der Waals surface area contributed by atoms with Crippen LogP contribution in [0.4, 0.5) is 0 Å². The predicted molar refractivity (Wildman–Crippen MR) is 447 cm³/mol. The molecule has 0 aromatic heterocycles. The van der Waals surface area contributed by atoms with Crippen LogP contribution in [0.25, 0.3) is 11.1 Å². The van der Waals surface area contributed by atoms with E-state index in [1.54, 1.807) is 14.1 Å². The molecule has 0 saturated carbocycles. The molecule has 21 N–H and O–H groups in total. The number of fused-ring (bicyclic) bond motifs is 14. The van der Waals surface area contributed by atoms with Crippen LogP contribution < -0.4 is 71.5 Å². The number of nitrogens with zero attached hydrogens (tertiary/aromatic N) is 1. The maximum atomic E-state index is 16.8. The summed E-state index contributed by atoms with van der Waals surface area (Å²) >= 11 is 14.3. The van der Waals surface area contributed by atoms with Crippen molar-refractivity contribution >= 4 is 70.5 Å². The highest BCUT2D eigenvalue weighted by molar-refractivity contribution is 6.33. The van der Waals surface area contributed by atoms with Crippen LogP contribution in [0.15, 0.2) is 115 Å². The fraction of sp³-hybridized carbons (Fsp3) is 0.425. The molecule has 0 aliphatic carbocycles. The van der Waals surface area contributed by atoms with E-state index in [-0.39, 0.29) is 59.1 Å². The molecule has 2 fully saturated rings. The van der Waals surface area contributed by atoms with Gasteiger partial charge in [0.1, 0.15) is 137 Å². The van der Waals surface area contributed by atoms with Crippen LogP contribution in [0, 0.1) is 0 Å². The Morgan fingerprint density at radius 1 is 0.532 bits per heavy atom. The summed E-state index contributed by atoms with van der Waals surface area (Å²) in [5.74, 6) is -15.4. The Balaban J connectivity index is 1.04. The maximum absolute atomic E-state index is 16.8. The summed E-state index contributed by atoms with van der Waals surface area (Å²) in [7, 11) is 4.98. The molecule has 37 nitrogen and oxygen atoms in total. The highest BCUT2D eigenvalue weighted by Gasteiger charge is 2.50. The van der Waals surface area contributed by atoms with Crippen molar-refractivity contribution in [3.8, 4) is 80.1 Å². The van der Waals surface area contributed by atoms with Gasteiger partial charge in [0.2, 0.25) is 65.6 Å². The van der Waals surface area contributed by atoms with Gasteiger partial charge in [-0.15, -0.1) is 0 Å². The molecule has 18 atom stereocenters. The molecule has 8 aliphatic heterocycles. The molecular formula is C87H100Cl2N10O27. The smallest absolute Gasteiger partial charge is 0.248 e. The van der Waals surface area contributed by atoms with Crippen molar-refractivity contribution in [2.75, 3.05) is 47.4 Å². The number of rotatable bonds is 22. The van der Waals surface area contributed by atoms with E-state index < -0.39 is 254 Å². The molecule has 17 bridgehead atoms. The Morgan fingerprint density at radius 3 is 1.84 bits per heavy atom. The molecular weight excluding hydrogens is 1690 g/mol. The normalized spacial score (nSPS) is 26.1. The highest BCUT2D eigenvalue weighted by Crippen LogP contribution is 2.50. The maximum Gasteiger partial charge on any atom is 0.248 e. The molecule has 39 heteroatoms. The highest BCUT2D eigenvalue weighted by atomic mass is 35.5. The average molecular weight is 1790 g/mol. The van der Waals surface area contributed by atoms with Gasteiger partial charge in [0.15, 0.2) is 23.0 Å². The van der Waals surface area contributed by atoms with E-state index in [0.717, 1.165) is 99.2 Å². The number of benzene rings is 7. The molecule has 8 amide bonds. The third-order valence-electron chi connectivity index (χ3n) is 22.6. The monoisotopic (exact) mass is 1790 g/mol. The quantitative estimate of drug-likeness (QED) is 0.0429. The van der Waals surface area contributed by atoms with E-state index >= 15 is 28.8 Å². The number of ether oxygens (including phenoxy) is 7. The Labute approximate surface area is 731 Å². The van der Waals surface area contributed by atoms with Crippen LogP contribution in [0.2, 0.25) is 10.0 Å². The van der Waals surface area contributed by atoms with Gasteiger partial charge >= 0.3 is 0 Å². The number of aliphatic hydroxyl groups is 8. The number of hydrogen-bond donors (Lipinski definition) is 21. The SMILES string of the molecule is CCCCCCCCCCC(=O)N[C@H]1[C@H](Oc2c3cc4cc2Oc2ccc(cc2Cl)[C@@H](O)[C@@H]2NC(=O)[C@H](NC(=O)[C@@H]4NC(=O)[C@H]4NC(=O)[C@@H](Cc5ccc(cc5)O3)NC(=O)[C@H](NC)c3ccc(O)c(c3)Oc3cc(O)c(Cl)c4c3)c3ccc(O)c(c3)-c3c(O[C@H]4O[C@H](CO)[C@@H](O)[C@H](O)[C@@H]4O)cc(O)cc3[C@H](C(=O)NCCCN(C)C)NC2=O)O[C@H](CO)[C@@H](O)[C@@H]1O. The van der Waals surface area contributed by atoms with Gasteiger partial charge in [0.05, 0.1) is 23.3 Å². The Bertz CT molecular complexity index is 5210. The molecule has 15 rings (SSSR count). The third-order valence-corrected chi connectivity index (χ3v) is 23.3. The number of aromatic hydroxyl groups is 4. The number of phenols is 4. The summed E-state index contributed by atoms with van der Waals surface area (Å²) in [5.41, 5.74) is -2.44. The first-order chi connectivity index (χ1) is 60.3. The number of likely N-dealkylation sites (N-methyl/N-ethyl adjacent to an activating group) is 1. The summed E-state index contributed by atoms with van der Waals surface area (Å²) in [5, 5.41) is 162. The van der Waals surface area contributed by atoms with Crippen molar-refractivity contribution in [3.05, 3.63) is 164 Å². The van der Waals surface area contributed by atoms with E-state index in [9.17, 15) is 70.9 Å². The lowest BCUT2D eigenvalue weighted by Crippen LogP contribution is -2.65. The topological polar surface area (TPSA) is 555 Å². The van der Waals surface area contributed by atoms with Crippen molar-refractivity contribution in [2.45, 2.75) is 187 Å². The number of halogens is 2. The second-order valence-corrected chi connectivity index (χ2v) is 32.6. The minimum absolute atomic E-state index is 0.0730. The summed E-state index contributed by atoms with van der Waals surface area (Å²) in [4.78, 5) is 127. The van der Waals surface area contributed by atoms with Gasteiger partial charge in [-0.2, -0.15) is 0 Å². The molecule has 0 spiro atoms. The molecule has 8 heterocycles. The zero-order valence-electron chi connectivity index (χ0n) is 68.7. The number of aliphatic hydroxyl groups excluding tert-OH is 8. The van der Waals surface area contributed by atoms with Crippen molar-refractivity contribution in [2.24, 2.45) is 0 Å². The summed E-state index contributed by atoms with van der Waals surface area (Å²) in [6.45, 7) is 0.540. The molecule has 0 radical (unpaired) electrons. The summed E-state index contributed by atoms with van der Waals surface area (Å²) in [6.07, 6.45) is -12.7. The second kappa shape index (κ2) is 40.5. The van der Waals surface area contributed by atoms with Crippen molar-refractivity contribution in [3.63, 3.8) is 0 Å². The largest absolute Gasteiger partial charge is 0.508 e. The second-order valence-electron chi connectivity index (χ2n) is 31.8. The molecule has 0 unspecified atom stereocenters. The molecule has 7 aromatic carbocycles. The Hall–Kier alpha value is -11.4. The number of hydrogen-bond acceptors (Lipinski definition) is 29.